The lowest BCUT2D eigenvalue weighted by atomic mass is 10.2. The van der Waals surface area contributed by atoms with Crippen molar-refractivity contribution in [3.05, 3.63) is 29.8 Å². The molecule has 4 heteroatoms. The average Bonchev–Trinajstić information content (AvgIpc) is 2.99. The summed E-state index contributed by atoms with van der Waals surface area (Å²) in [5.41, 5.74) is 1.16. The van der Waals surface area contributed by atoms with Crippen LogP contribution in [-0.2, 0) is 16.1 Å². The van der Waals surface area contributed by atoms with Crippen molar-refractivity contribution in [1.82, 2.24) is 5.32 Å². The van der Waals surface area contributed by atoms with Gasteiger partial charge in [-0.25, -0.2) is 0 Å². The van der Waals surface area contributed by atoms with E-state index in [0.717, 1.165) is 31.0 Å². The molecule has 0 spiro atoms. The fourth-order valence-corrected chi connectivity index (χ4v) is 2.27. The molecule has 0 amide bonds. The second-order valence-electron chi connectivity index (χ2n) is 5.26. The molecule has 1 saturated heterocycles. The third kappa shape index (κ3) is 5.12. The predicted molar refractivity (Wildman–Crippen MR) is 79.1 cm³/mol. The maximum atomic E-state index is 5.82. The summed E-state index contributed by atoms with van der Waals surface area (Å²) in [5, 5.41) is 3.41. The molecule has 4 nitrogen and oxygen atoms in total. The Labute approximate surface area is 121 Å². The number of hydrogen-bond acceptors (Lipinski definition) is 4. The van der Waals surface area contributed by atoms with Crippen LogP contribution in [0.25, 0.3) is 0 Å². The maximum Gasteiger partial charge on any atom is 0.118 e. The molecule has 0 aromatic heterocycles. The number of rotatable bonds is 8. The molecule has 1 fully saturated rings. The summed E-state index contributed by atoms with van der Waals surface area (Å²) in [5.74, 6) is 0.875. The standard InChI is InChI=1S/C16H25NO3/c1-13(10-17-11-16-4-3-9-19-16)20-12-14-5-7-15(18-2)8-6-14/h5-8,13,16-17H,3-4,9-12H2,1-2H3. The molecule has 20 heavy (non-hydrogen) atoms. The molecule has 1 heterocycles. The SMILES string of the molecule is COc1ccc(COC(C)CNCC2CCCO2)cc1. The smallest absolute Gasteiger partial charge is 0.118 e. The van der Waals surface area contributed by atoms with Crippen molar-refractivity contribution in [3.63, 3.8) is 0 Å². The van der Waals surface area contributed by atoms with E-state index < -0.39 is 0 Å². The average molecular weight is 279 g/mol. The first kappa shape index (κ1) is 15.3. The summed E-state index contributed by atoms with van der Waals surface area (Å²) in [6.45, 7) is 5.42. The minimum Gasteiger partial charge on any atom is -0.497 e. The van der Waals surface area contributed by atoms with Crippen molar-refractivity contribution in [2.24, 2.45) is 0 Å². The van der Waals surface area contributed by atoms with E-state index >= 15 is 0 Å². The second kappa shape index (κ2) is 8.25. The summed E-state index contributed by atoms with van der Waals surface area (Å²) in [6.07, 6.45) is 2.95. The fourth-order valence-electron chi connectivity index (χ4n) is 2.27. The van der Waals surface area contributed by atoms with Gasteiger partial charge in [-0.05, 0) is 37.5 Å². The lowest BCUT2D eigenvalue weighted by molar-refractivity contribution is 0.0485. The van der Waals surface area contributed by atoms with Crippen LogP contribution in [0.1, 0.15) is 25.3 Å². The Morgan fingerprint density at radius 1 is 1.35 bits per heavy atom. The van der Waals surface area contributed by atoms with E-state index in [-0.39, 0.29) is 6.10 Å². The molecule has 1 aromatic rings. The number of ether oxygens (including phenoxy) is 3. The van der Waals surface area contributed by atoms with Gasteiger partial charge in [-0.15, -0.1) is 0 Å². The Morgan fingerprint density at radius 2 is 2.15 bits per heavy atom. The van der Waals surface area contributed by atoms with Crippen LogP contribution < -0.4 is 10.1 Å². The third-order valence-electron chi connectivity index (χ3n) is 3.52. The lowest BCUT2D eigenvalue weighted by Gasteiger charge is -2.16. The normalized spacial score (nSPS) is 20.0. The molecule has 0 aliphatic carbocycles. The number of benzene rings is 1. The van der Waals surface area contributed by atoms with Crippen molar-refractivity contribution in [2.75, 3.05) is 26.8 Å². The summed E-state index contributed by atoms with van der Waals surface area (Å²) in [6, 6.07) is 7.98. The Bertz CT molecular complexity index is 374. The van der Waals surface area contributed by atoms with Crippen LogP contribution in [0.15, 0.2) is 24.3 Å². The van der Waals surface area contributed by atoms with Gasteiger partial charge in [0, 0.05) is 19.7 Å². The van der Waals surface area contributed by atoms with Crippen molar-refractivity contribution in [3.8, 4) is 5.75 Å². The van der Waals surface area contributed by atoms with Crippen molar-refractivity contribution < 1.29 is 14.2 Å². The van der Waals surface area contributed by atoms with E-state index in [4.69, 9.17) is 14.2 Å². The Hall–Kier alpha value is -1.10. The predicted octanol–water partition coefficient (Wildman–Crippen LogP) is 2.37. The van der Waals surface area contributed by atoms with Crippen LogP contribution in [0, 0.1) is 0 Å². The monoisotopic (exact) mass is 279 g/mol. The number of methoxy groups -OCH3 is 1. The quantitative estimate of drug-likeness (QED) is 0.793. The van der Waals surface area contributed by atoms with E-state index in [1.54, 1.807) is 7.11 Å². The highest BCUT2D eigenvalue weighted by Gasteiger charge is 2.14. The highest BCUT2D eigenvalue weighted by atomic mass is 16.5. The molecule has 2 atom stereocenters. The third-order valence-corrected chi connectivity index (χ3v) is 3.52. The van der Waals surface area contributed by atoms with Crippen molar-refractivity contribution in [1.29, 1.82) is 0 Å². The largest absolute Gasteiger partial charge is 0.497 e. The molecule has 1 aliphatic rings. The van der Waals surface area contributed by atoms with E-state index in [0.29, 0.717) is 12.7 Å². The summed E-state index contributed by atoms with van der Waals surface area (Å²) >= 11 is 0. The van der Waals surface area contributed by atoms with Crippen molar-refractivity contribution >= 4 is 0 Å². The lowest BCUT2D eigenvalue weighted by Crippen LogP contribution is -2.32. The minimum absolute atomic E-state index is 0.193. The zero-order valence-electron chi connectivity index (χ0n) is 12.4. The Balaban J connectivity index is 1.59. The van der Waals surface area contributed by atoms with Gasteiger partial charge >= 0.3 is 0 Å². The van der Waals surface area contributed by atoms with Gasteiger partial charge in [0.1, 0.15) is 5.75 Å². The highest BCUT2D eigenvalue weighted by molar-refractivity contribution is 5.26. The van der Waals surface area contributed by atoms with E-state index in [2.05, 4.69) is 12.2 Å². The molecule has 112 valence electrons. The Morgan fingerprint density at radius 3 is 2.80 bits per heavy atom. The van der Waals surface area contributed by atoms with Gasteiger partial charge < -0.3 is 19.5 Å². The fraction of sp³-hybridized carbons (Fsp3) is 0.625. The van der Waals surface area contributed by atoms with E-state index in [1.807, 2.05) is 24.3 Å². The van der Waals surface area contributed by atoms with Gasteiger partial charge in [-0.1, -0.05) is 12.1 Å². The molecular formula is C16H25NO3. The molecule has 2 rings (SSSR count). The van der Waals surface area contributed by atoms with Crippen molar-refractivity contribution in [2.45, 2.75) is 38.6 Å². The molecule has 0 bridgehead atoms. The second-order valence-corrected chi connectivity index (χ2v) is 5.26. The van der Waals surface area contributed by atoms with Gasteiger partial charge in [0.25, 0.3) is 0 Å². The molecule has 2 unspecified atom stereocenters. The first-order valence-corrected chi connectivity index (χ1v) is 7.35. The van der Waals surface area contributed by atoms with Crippen LogP contribution in [0.2, 0.25) is 0 Å². The minimum atomic E-state index is 0.193. The number of nitrogens with one attached hydrogen (secondary N) is 1. The molecule has 1 N–H and O–H groups in total. The molecular weight excluding hydrogens is 254 g/mol. The first-order valence-electron chi connectivity index (χ1n) is 7.35. The zero-order chi connectivity index (χ0) is 14.2. The maximum absolute atomic E-state index is 5.82. The van der Waals surface area contributed by atoms with Crippen LogP contribution in [0.3, 0.4) is 0 Å². The molecule has 0 saturated carbocycles. The molecule has 0 radical (unpaired) electrons. The van der Waals surface area contributed by atoms with E-state index in [1.165, 1.54) is 12.8 Å². The summed E-state index contributed by atoms with van der Waals surface area (Å²) in [4.78, 5) is 0. The summed E-state index contributed by atoms with van der Waals surface area (Å²) < 4.78 is 16.5. The molecule has 1 aromatic carbocycles. The topological polar surface area (TPSA) is 39.7 Å². The summed E-state index contributed by atoms with van der Waals surface area (Å²) in [7, 11) is 1.67. The van der Waals surface area contributed by atoms with Gasteiger partial charge in [0.15, 0.2) is 0 Å². The van der Waals surface area contributed by atoms with Gasteiger partial charge in [0.2, 0.25) is 0 Å². The highest BCUT2D eigenvalue weighted by Crippen LogP contribution is 2.13. The Kier molecular flexibility index (Phi) is 6.30. The van der Waals surface area contributed by atoms with Crippen LogP contribution in [0.5, 0.6) is 5.75 Å². The van der Waals surface area contributed by atoms with Gasteiger partial charge in [0.05, 0.1) is 25.9 Å². The number of hydrogen-bond donors (Lipinski definition) is 1. The van der Waals surface area contributed by atoms with Gasteiger partial charge in [-0.2, -0.15) is 0 Å². The zero-order valence-corrected chi connectivity index (χ0v) is 12.4. The van der Waals surface area contributed by atoms with Crippen LogP contribution in [-0.4, -0.2) is 39.0 Å². The van der Waals surface area contributed by atoms with Crippen LogP contribution >= 0.6 is 0 Å². The molecule has 1 aliphatic heterocycles. The van der Waals surface area contributed by atoms with Crippen LogP contribution in [0.4, 0.5) is 0 Å². The van der Waals surface area contributed by atoms with Gasteiger partial charge in [-0.3, -0.25) is 0 Å². The first-order chi connectivity index (χ1) is 9.78. The van der Waals surface area contributed by atoms with E-state index in [9.17, 15) is 0 Å².